The molecule has 0 aliphatic carbocycles. The number of aromatic nitrogens is 2. The Bertz CT molecular complexity index is 1070. The van der Waals surface area contributed by atoms with Crippen LogP contribution in [0.4, 0.5) is 5.69 Å². The Morgan fingerprint density at radius 1 is 1.00 bits per heavy atom. The Balaban J connectivity index is 2.23. The fourth-order valence-corrected chi connectivity index (χ4v) is 3.30. The molecule has 0 bridgehead atoms. The molecule has 0 aliphatic heterocycles. The van der Waals surface area contributed by atoms with Gasteiger partial charge in [0.05, 0.1) is 5.56 Å². The second-order valence-corrected chi connectivity index (χ2v) is 6.65. The zero-order valence-corrected chi connectivity index (χ0v) is 17.0. The number of ketones is 1. The molecule has 5 heteroatoms. The van der Waals surface area contributed by atoms with Gasteiger partial charge in [-0.25, -0.2) is 4.68 Å². The lowest BCUT2D eigenvalue weighted by molar-refractivity contribution is 0.104. The van der Waals surface area contributed by atoms with Gasteiger partial charge in [-0.15, -0.1) is 0 Å². The molecule has 3 aromatic rings. The summed E-state index contributed by atoms with van der Waals surface area (Å²) in [6.45, 7) is 5.18. The summed E-state index contributed by atoms with van der Waals surface area (Å²) in [5.41, 5.74) is 2.70. The number of aryl methyl sites for hydroxylation is 1. The second kappa shape index (κ2) is 9.15. The predicted octanol–water partition coefficient (Wildman–Crippen LogP) is 4.19. The Kier molecular flexibility index (Phi) is 6.39. The van der Waals surface area contributed by atoms with E-state index in [1.54, 1.807) is 13.1 Å². The molecular formula is C24H25N3O2. The number of rotatable bonds is 7. The van der Waals surface area contributed by atoms with Gasteiger partial charge >= 0.3 is 0 Å². The van der Waals surface area contributed by atoms with Crippen LogP contribution in [-0.2, 0) is 7.05 Å². The molecule has 0 radical (unpaired) electrons. The molecule has 0 atom stereocenters. The van der Waals surface area contributed by atoms with Crippen LogP contribution in [0.3, 0.4) is 0 Å². The Morgan fingerprint density at radius 3 is 2.17 bits per heavy atom. The lowest BCUT2D eigenvalue weighted by atomic mass is 10.00. The van der Waals surface area contributed by atoms with E-state index in [2.05, 4.69) is 5.10 Å². The highest BCUT2D eigenvalue weighted by Gasteiger charge is 2.24. The Morgan fingerprint density at radius 2 is 1.59 bits per heavy atom. The van der Waals surface area contributed by atoms with E-state index in [9.17, 15) is 9.59 Å². The van der Waals surface area contributed by atoms with Gasteiger partial charge in [-0.3, -0.25) is 9.59 Å². The summed E-state index contributed by atoms with van der Waals surface area (Å²) >= 11 is 0. The molecule has 5 nitrogen and oxygen atoms in total. The van der Waals surface area contributed by atoms with Crippen LogP contribution >= 0.6 is 0 Å². The number of benzene rings is 2. The molecule has 1 heterocycles. The number of carbonyl (C=O) groups is 1. The molecule has 0 unspecified atom stereocenters. The van der Waals surface area contributed by atoms with Gasteiger partial charge in [0, 0.05) is 25.7 Å². The first-order valence-electron chi connectivity index (χ1n) is 9.76. The van der Waals surface area contributed by atoms with E-state index in [-0.39, 0.29) is 11.3 Å². The van der Waals surface area contributed by atoms with Crippen molar-refractivity contribution in [3.8, 4) is 11.3 Å². The van der Waals surface area contributed by atoms with Crippen LogP contribution in [0.1, 0.15) is 29.8 Å². The largest absolute Gasteiger partial charge is 0.367 e. The van der Waals surface area contributed by atoms with E-state index in [4.69, 9.17) is 0 Å². The maximum absolute atomic E-state index is 13.3. The third-order valence-corrected chi connectivity index (χ3v) is 4.82. The number of anilines is 1. The summed E-state index contributed by atoms with van der Waals surface area (Å²) in [6.07, 6.45) is 3.28. The quantitative estimate of drug-likeness (QED) is 0.451. The zero-order chi connectivity index (χ0) is 20.8. The van der Waals surface area contributed by atoms with Crippen LogP contribution in [0.25, 0.3) is 17.3 Å². The van der Waals surface area contributed by atoms with Crippen molar-refractivity contribution < 1.29 is 4.79 Å². The standard InChI is InChI=1S/C24H25N3O2/c1-4-27(5-2)23-21(20(28)17-16-18-12-8-6-9-13-18)22(25-26(3)24(23)29)19-14-10-7-11-15-19/h6-17H,4-5H2,1-3H3/b17-16-. The summed E-state index contributed by atoms with van der Waals surface area (Å²) in [4.78, 5) is 28.2. The minimum absolute atomic E-state index is 0.236. The van der Waals surface area contributed by atoms with Gasteiger partial charge in [0.2, 0.25) is 0 Å². The summed E-state index contributed by atoms with van der Waals surface area (Å²) in [5.74, 6) is -0.236. The van der Waals surface area contributed by atoms with Gasteiger partial charge < -0.3 is 4.90 Å². The Hall–Kier alpha value is -3.47. The zero-order valence-electron chi connectivity index (χ0n) is 17.0. The maximum atomic E-state index is 13.3. The normalized spacial score (nSPS) is 11.0. The third-order valence-electron chi connectivity index (χ3n) is 4.82. The maximum Gasteiger partial charge on any atom is 0.290 e. The summed E-state index contributed by atoms with van der Waals surface area (Å²) in [6, 6.07) is 19.1. The van der Waals surface area contributed by atoms with Crippen molar-refractivity contribution in [2.45, 2.75) is 13.8 Å². The van der Waals surface area contributed by atoms with Crippen LogP contribution in [0, 0.1) is 0 Å². The minimum Gasteiger partial charge on any atom is -0.367 e. The van der Waals surface area contributed by atoms with Crippen molar-refractivity contribution in [1.29, 1.82) is 0 Å². The molecule has 0 aliphatic rings. The van der Waals surface area contributed by atoms with Gasteiger partial charge in [-0.2, -0.15) is 5.10 Å². The van der Waals surface area contributed by atoms with Gasteiger partial charge in [0.1, 0.15) is 11.4 Å². The third kappa shape index (κ3) is 4.35. The highest BCUT2D eigenvalue weighted by atomic mass is 16.1. The van der Waals surface area contributed by atoms with E-state index in [0.717, 1.165) is 11.1 Å². The molecule has 0 spiro atoms. The van der Waals surface area contributed by atoms with Crippen molar-refractivity contribution in [2.75, 3.05) is 18.0 Å². The number of hydrogen-bond acceptors (Lipinski definition) is 4. The smallest absolute Gasteiger partial charge is 0.290 e. The highest BCUT2D eigenvalue weighted by molar-refractivity contribution is 6.14. The number of nitrogens with zero attached hydrogens (tertiary/aromatic N) is 3. The molecule has 0 saturated carbocycles. The van der Waals surface area contributed by atoms with Crippen molar-refractivity contribution >= 4 is 17.5 Å². The van der Waals surface area contributed by atoms with Gasteiger partial charge in [0.15, 0.2) is 5.78 Å². The molecule has 0 N–H and O–H groups in total. The van der Waals surface area contributed by atoms with Crippen LogP contribution in [-0.4, -0.2) is 28.7 Å². The monoisotopic (exact) mass is 387 g/mol. The van der Waals surface area contributed by atoms with E-state index in [1.165, 1.54) is 10.8 Å². The van der Waals surface area contributed by atoms with Gasteiger partial charge in [-0.1, -0.05) is 66.7 Å². The van der Waals surface area contributed by atoms with E-state index < -0.39 is 0 Å². The molecule has 148 valence electrons. The number of allylic oxidation sites excluding steroid dienone is 1. The van der Waals surface area contributed by atoms with Crippen LogP contribution in [0.15, 0.2) is 71.5 Å². The lowest BCUT2D eigenvalue weighted by Gasteiger charge is -2.24. The van der Waals surface area contributed by atoms with Crippen molar-refractivity contribution in [1.82, 2.24) is 9.78 Å². The topological polar surface area (TPSA) is 55.2 Å². The average Bonchev–Trinajstić information content (AvgIpc) is 2.76. The summed E-state index contributed by atoms with van der Waals surface area (Å²) in [7, 11) is 1.62. The van der Waals surface area contributed by atoms with Gasteiger partial charge in [-0.05, 0) is 25.5 Å². The van der Waals surface area contributed by atoms with E-state index >= 15 is 0 Å². The molecule has 0 fully saturated rings. The minimum atomic E-state index is -0.273. The highest BCUT2D eigenvalue weighted by Crippen LogP contribution is 2.28. The summed E-state index contributed by atoms with van der Waals surface area (Å²) < 4.78 is 1.31. The van der Waals surface area contributed by atoms with Crippen molar-refractivity contribution in [2.24, 2.45) is 7.05 Å². The van der Waals surface area contributed by atoms with E-state index in [0.29, 0.717) is 30.0 Å². The first-order valence-corrected chi connectivity index (χ1v) is 9.76. The molecule has 0 amide bonds. The Labute approximate surface area is 170 Å². The second-order valence-electron chi connectivity index (χ2n) is 6.65. The van der Waals surface area contributed by atoms with Crippen molar-refractivity contribution in [3.05, 3.63) is 88.2 Å². The summed E-state index contributed by atoms with van der Waals surface area (Å²) in [5, 5.41) is 4.45. The average molecular weight is 387 g/mol. The van der Waals surface area contributed by atoms with Gasteiger partial charge in [0.25, 0.3) is 5.56 Å². The number of carbonyl (C=O) groups excluding carboxylic acids is 1. The lowest BCUT2D eigenvalue weighted by Crippen LogP contribution is -2.35. The SMILES string of the molecule is CCN(CC)c1c(C(=O)/C=C\c2ccccc2)c(-c2ccccc2)nn(C)c1=O. The first kappa shape index (κ1) is 20.3. The van der Waals surface area contributed by atoms with Crippen molar-refractivity contribution in [3.63, 3.8) is 0 Å². The van der Waals surface area contributed by atoms with Crippen LogP contribution in [0.2, 0.25) is 0 Å². The molecule has 29 heavy (non-hydrogen) atoms. The van der Waals surface area contributed by atoms with E-state index in [1.807, 2.05) is 79.4 Å². The molecular weight excluding hydrogens is 362 g/mol. The molecule has 1 aromatic heterocycles. The molecule has 0 saturated heterocycles. The molecule has 2 aromatic carbocycles. The number of hydrogen-bond donors (Lipinski definition) is 0. The first-order chi connectivity index (χ1) is 14.1. The van der Waals surface area contributed by atoms with Crippen LogP contribution < -0.4 is 10.5 Å². The van der Waals surface area contributed by atoms with Crippen LogP contribution in [0.5, 0.6) is 0 Å². The fraction of sp³-hybridized carbons (Fsp3) is 0.208. The fourth-order valence-electron chi connectivity index (χ4n) is 3.30. The molecule has 3 rings (SSSR count). The predicted molar refractivity (Wildman–Crippen MR) is 118 cm³/mol.